The van der Waals surface area contributed by atoms with Gasteiger partial charge in [0.05, 0.1) is 0 Å². The minimum Gasteiger partial charge on any atom is -0.328 e. The third kappa shape index (κ3) is 3.58. The normalized spacial score (nSPS) is 12.5. The van der Waals surface area contributed by atoms with E-state index in [2.05, 4.69) is 25.9 Å². The van der Waals surface area contributed by atoms with Crippen LogP contribution in [-0.4, -0.2) is 16.0 Å². The first-order valence-corrected chi connectivity index (χ1v) is 6.80. The second-order valence-electron chi connectivity index (χ2n) is 4.63. The van der Waals surface area contributed by atoms with Crippen LogP contribution in [0.25, 0.3) is 11.4 Å². The third-order valence-corrected chi connectivity index (χ3v) is 3.27. The van der Waals surface area contributed by atoms with E-state index in [1.54, 1.807) is 6.07 Å². The average Bonchev–Trinajstić information content (AvgIpc) is 2.26. The summed E-state index contributed by atoms with van der Waals surface area (Å²) in [6, 6.07) is 6.44. The summed E-state index contributed by atoms with van der Waals surface area (Å²) in [5.74, 6) is 0.293. The van der Waals surface area contributed by atoms with Gasteiger partial charge in [0.15, 0.2) is 5.82 Å². The van der Waals surface area contributed by atoms with E-state index in [0.29, 0.717) is 16.7 Å². The van der Waals surface area contributed by atoms with Crippen molar-refractivity contribution >= 4 is 15.9 Å². The van der Waals surface area contributed by atoms with Gasteiger partial charge in [-0.2, -0.15) is 0 Å². The van der Waals surface area contributed by atoms with E-state index in [9.17, 15) is 4.39 Å². The van der Waals surface area contributed by atoms with Crippen molar-refractivity contribution in [1.29, 1.82) is 0 Å². The summed E-state index contributed by atoms with van der Waals surface area (Å²) in [6.07, 6.45) is 0.690. The molecule has 0 aliphatic rings. The molecule has 1 atom stereocenters. The van der Waals surface area contributed by atoms with Crippen LogP contribution >= 0.6 is 15.9 Å². The molecular formula is C14H15BrFN3. The average molecular weight is 324 g/mol. The third-order valence-electron chi connectivity index (χ3n) is 2.61. The minimum atomic E-state index is -0.293. The molecule has 1 aromatic heterocycles. The molecule has 0 aliphatic heterocycles. The molecule has 0 aliphatic carbocycles. The zero-order chi connectivity index (χ0) is 14.0. The van der Waals surface area contributed by atoms with Crippen molar-refractivity contribution in [3.05, 3.63) is 45.9 Å². The second-order valence-corrected chi connectivity index (χ2v) is 5.48. The predicted octanol–water partition coefficient (Wildman–Crippen LogP) is 3.24. The summed E-state index contributed by atoms with van der Waals surface area (Å²) in [5, 5.41) is 0. The second kappa shape index (κ2) is 5.75. The van der Waals surface area contributed by atoms with Crippen LogP contribution in [0.5, 0.6) is 0 Å². The molecule has 19 heavy (non-hydrogen) atoms. The van der Waals surface area contributed by atoms with Gasteiger partial charge in [0.2, 0.25) is 0 Å². The molecule has 5 heteroatoms. The Morgan fingerprint density at radius 1 is 1.32 bits per heavy atom. The summed E-state index contributed by atoms with van der Waals surface area (Å²) in [7, 11) is 0. The highest BCUT2D eigenvalue weighted by Gasteiger charge is 2.10. The number of halogens is 2. The maximum absolute atomic E-state index is 13.1. The molecule has 0 fully saturated rings. The lowest BCUT2D eigenvalue weighted by atomic mass is 10.1. The van der Waals surface area contributed by atoms with Gasteiger partial charge in [-0.1, -0.05) is 0 Å². The molecule has 0 radical (unpaired) electrons. The first kappa shape index (κ1) is 14.1. The molecule has 1 aromatic carbocycles. The number of nitrogens with zero attached hydrogens (tertiary/aromatic N) is 2. The van der Waals surface area contributed by atoms with Crippen LogP contribution in [0.2, 0.25) is 0 Å². The molecule has 0 amide bonds. The molecule has 1 unspecified atom stereocenters. The molecular weight excluding hydrogens is 309 g/mol. The Morgan fingerprint density at radius 3 is 2.68 bits per heavy atom. The van der Waals surface area contributed by atoms with Gasteiger partial charge in [0.25, 0.3) is 0 Å². The fourth-order valence-corrected chi connectivity index (χ4v) is 2.39. The number of hydrogen-bond acceptors (Lipinski definition) is 3. The van der Waals surface area contributed by atoms with Crippen molar-refractivity contribution < 1.29 is 4.39 Å². The molecule has 1 heterocycles. The van der Waals surface area contributed by atoms with Crippen LogP contribution in [0.15, 0.2) is 28.7 Å². The van der Waals surface area contributed by atoms with Gasteiger partial charge in [-0.05, 0) is 54.0 Å². The Morgan fingerprint density at radius 2 is 2.05 bits per heavy atom. The molecule has 2 aromatic rings. The summed E-state index contributed by atoms with van der Waals surface area (Å²) < 4.78 is 13.7. The summed E-state index contributed by atoms with van der Waals surface area (Å²) in [5.41, 5.74) is 8.34. The standard InChI is InChI=1S/C14H15BrFN3/c1-8(17)5-11-6-9(2)18-14(19-11)12-4-3-10(16)7-13(12)15/h3-4,6-8H,5,17H2,1-2H3. The number of aromatic nitrogens is 2. The highest BCUT2D eigenvalue weighted by molar-refractivity contribution is 9.10. The Labute approximate surface area is 120 Å². The number of aryl methyl sites for hydroxylation is 1. The minimum absolute atomic E-state index is 0.0406. The largest absolute Gasteiger partial charge is 0.328 e. The Bertz CT molecular complexity index is 599. The van der Waals surface area contributed by atoms with E-state index in [-0.39, 0.29) is 11.9 Å². The summed E-state index contributed by atoms with van der Waals surface area (Å²) >= 11 is 3.34. The van der Waals surface area contributed by atoms with Crippen LogP contribution in [-0.2, 0) is 6.42 Å². The van der Waals surface area contributed by atoms with Crippen molar-refractivity contribution in [3.63, 3.8) is 0 Å². The van der Waals surface area contributed by atoms with E-state index >= 15 is 0 Å². The van der Waals surface area contributed by atoms with Crippen molar-refractivity contribution in [2.24, 2.45) is 5.73 Å². The van der Waals surface area contributed by atoms with Crippen molar-refractivity contribution in [3.8, 4) is 11.4 Å². The van der Waals surface area contributed by atoms with E-state index in [1.807, 2.05) is 19.9 Å². The fraction of sp³-hybridized carbons (Fsp3) is 0.286. The molecule has 2 N–H and O–H groups in total. The predicted molar refractivity (Wildman–Crippen MR) is 77.2 cm³/mol. The van der Waals surface area contributed by atoms with E-state index < -0.39 is 0 Å². The van der Waals surface area contributed by atoms with Crippen LogP contribution in [0.1, 0.15) is 18.3 Å². The molecule has 3 nitrogen and oxygen atoms in total. The topological polar surface area (TPSA) is 51.8 Å². The van der Waals surface area contributed by atoms with Gasteiger partial charge in [0, 0.05) is 33.9 Å². The maximum Gasteiger partial charge on any atom is 0.160 e. The smallest absolute Gasteiger partial charge is 0.160 e. The van der Waals surface area contributed by atoms with Gasteiger partial charge >= 0.3 is 0 Å². The lowest BCUT2D eigenvalue weighted by Crippen LogP contribution is -2.19. The van der Waals surface area contributed by atoms with E-state index in [1.165, 1.54) is 12.1 Å². The Kier molecular flexibility index (Phi) is 4.27. The highest BCUT2D eigenvalue weighted by atomic mass is 79.9. The lowest BCUT2D eigenvalue weighted by Gasteiger charge is -2.09. The Hall–Kier alpha value is -1.33. The molecule has 0 spiro atoms. The Balaban J connectivity index is 2.46. The van der Waals surface area contributed by atoms with E-state index in [4.69, 9.17) is 5.73 Å². The van der Waals surface area contributed by atoms with Gasteiger partial charge in [0.1, 0.15) is 5.82 Å². The van der Waals surface area contributed by atoms with Crippen molar-refractivity contribution in [2.45, 2.75) is 26.3 Å². The van der Waals surface area contributed by atoms with Crippen LogP contribution in [0.3, 0.4) is 0 Å². The SMILES string of the molecule is Cc1cc(CC(C)N)nc(-c2ccc(F)cc2Br)n1. The quantitative estimate of drug-likeness (QED) is 0.943. The van der Waals surface area contributed by atoms with Gasteiger partial charge in [-0.25, -0.2) is 14.4 Å². The zero-order valence-electron chi connectivity index (χ0n) is 10.8. The van der Waals surface area contributed by atoms with Gasteiger partial charge in [-0.3, -0.25) is 0 Å². The summed E-state index contributed by atoms with van der Waals surface area (Å²) in [4.78, 5) is 8.89. The first-order chi connectivity index (χ1) is 8.95. The highest BCUT2D eigenvalue weighted by Crippen LogP contribution is 2.26. The van der Waals surface area contributed by atoms with Gasteiger partial charge in [-0.15, -0.1) is 0 Å². The molecule has 100 valence electrons. The number of benzene rings is 1. The first-order valence-electron chi connectivity index (χ1n) is 6.01. The molecule has 0 bridgehead atoms. The fourth-order valence-electron chi connectivity index (χ4n) is 1.86. The monoisotopic (exact) mass is 323 g/mol. The van der Waals surface area contributed by atoms with Gasteiger partial charge < -0.3 is 5.73 Å². The van der Waals surface area contributed by atoms with Crippen molar-refractivity contribution in [2.75, 3.05) is 0 Å². The zero-order valence-corrected chi connectivity index (χ0v) is 12.4. The number of nitrogens with two attached hydrogens (primary N) is 1. The lowest BCUT2D eigenvalue weighted by molar-refractivity contribution is 0.627. The number of rotatable bonds is 3. The molecule has 2 rings (SSSR count). The van der Waals surface area contributed by atoms with Crippen molar-refractivity contribution in [1.82, 2.24) is 9.97 Å². The van der Waals surface area contributed by atoms with Crippen LogP contribution < -0.4 is 5.73 Å². The molecule has 0 saturated heterocycles. The molecule has 0 saturated carbocycles. The maximum atomic E-state index is 13.1. The van der Waals surface area contributed by atoms with Crippen LogP contribution in [0.4, 0.5) is 4.39 Å². The summed E-state index contributed by atoms with van der Waals surface area (Å²) in [6.45, 7) is 3.85. The number of hydrogen-bond donors (Lipinski definition) is 1. The van der Waals surface area contributed by atoms with E-state index in [0.717, 1.165) is 17.0 Å². The van der Waals surface area contributed by atoms with Crippen LogP contribution in [0, 0.1) is 12.7 Å².